The summed E-state index contributed by atoms with van der Waals surface area (Å²) >= 11 is 1.43. The molecule has 2 aromatic carbocycles. The van der Waals surface area contributed by atoms with Crippen molar-refractivity contribution in [1.82, 2.24) is 25.1 Å². The zero-order valence-corrected chi connectivity index (χ0v) is 20.0. The molecular formula is C25H24N6O3S. The van der Waals surface area contributed by atoms with E-state index < -0.39 is 0 Å². The van der Waals surface area contributed by atoms with Crippen LogP contribution in [0, 0.1) is 6.92 Å². The summed E-state index contributed by atoms with van der Waals surface area (Å²) in [5.74, 6) is -0.262. The van der Waals surface area contributed by atoms with Crippen molar-refractivity contribution in [3.63, 3.8) is 0 Å². The van der Waals surface area contributed by atoms with E-state index in [0.29, 0.717) is 36.9 Å². The summed E-state index contributed by atoms with van der Waals surface area (Å²) in [4.78, 5) is 29.3. The zero-order chi connectivity index (χ0) is 24.2. The molecule has 0 unspecified atom stereocenters. The van der Waals surface area contributed by atoms with Crippen LogP contribution in [0.15, 0.2) is 60.9 Å². The van der Waals surface area contributed by atoms with Crippen molar-refractivity contribution in [2.45, 2.75) is 13.3 Å². The number of nitrogens with zero attached hydrogens (tertiary/aromatic N) is 5. The standard InChI is InChI=1S/C25H24N6O3S/c1-17-22(25(33)30-11-13-34-14-12-30)24(35-23(17)19-5-3-2-4-6-19)27-21(32)15-18-7-9-20(10-8-18)31-16-26-28-29-31/h2-10,16H,11-15H2,1H3,(H,27,32). The van der Waals surface area contributed by atoms with Crippen molar-refractivity contribution in [2.24, 2.45) is 0 Å². The van der Waals surface area contributed by atoms with Gasteiger partial charge in [-0.2, -0.15) is 0 Å². The van der Waals surface area contributed by atoms with Crippen LogP contribution < -0.4 is 5.32 Å². The number of hydrogen-bond donors (Lipinski definition) is 1. The van der Waals surface area contributed by atoms with Gasteiger partial charge in [0.05, 0.1) is 30.9 Å². The average molecular weight is 489 g/mol. The summed E-state index contributed by atoms with van der Waals surface area (Å²) in [6.45, 7) is 4.05. The van der Waals surface area contributed by atoms with E-state index in [2.05, 4.69) is 20.8 Å². The number of rotatable bonds is 6. The molecule has 9 nitrogen and oxygen atoms in total. The van der Waals surface area contributed by atoms with E-state index in [-0.39, 0.29) is 18.2 Å². The van der Waals surface area contributed by atoms with Crippen molar-refractivity contribution in [3.8, 4) is 16.1 Å². The van der Waals surface area contributed by atoms with E-state index in [1.165, 1.54) is 17.7 Å². The minimum atomic E-state index is -0.183. The predicted octanol–water partition coefficient (Wildman–Crippen LogP) is 3.35. The first-order valence-electron chi connectivity index (χ1n) is 11.3. The Hall–Kier alpha value is -3.89. The third-order valence-corrected chi connectivity index (χ3v) is 7.12. The third kappa shape index (κ3) is 4.98. The van der Waals surface area contributed by atoms with Crippen molar-refractivity contribution < 1.29 is 14.3 Å². The zero-order valence-electron chi connectivity index (χ0n) is 19.2. The second kappa shape index (κ2) is 10.2. The van der Waals surface area contributed by atoms with Crippen LogP contribution in [0.1, 0.15) is 21.5 Å². The Morgan fingerprint density at radius 1 is 1.06 bits per heavy atom. The van der Waals surface area contributed by atoms with E-state index in [9.17, 15) is 9.59 Å². The Morgan fingerprint density at radius 3 is 2.49 bits per heavy atom. The minimum Gasteiger partial charge on any atom is -0.378 e. The first kappa shape index (κ1) is 22.9. The molecule has 3 heterocycles. The van der Waals surface area contributed by atoms with Crippen LogP contribution in [0.5, 0.6) is 0 Å². The number of carbonyl (C=O) groups excluding carboxylic acids is 2. The third-order valence-electron chi connectivity index (χ3n) is 5.86. The van der Waals surface area contributed by atoms with Crippen molar-refractivity contribution in [1.29, 1.82) is 0 Å². The number of carbonyl (C=O) groups is 2. The van der Waals surface area contributed by atoms with E-state index in [1.807, 2.05) is 61.5 Å². The molecule has 10 heteroatoms. The lowest BCUT2D eigenvalue weighted by Crippen LogP contribution is -2.41. The van der Waals surface area contributed by atoms with Gasteiger partial charge in [-0.15, -0.1) is 16.4 Å². The van der Waals surface area contributed by atoms with Crippen LogP contribution >= 0.6 is 11.3 Å². The van der Waals surface area contributed by atoms with Crippen molar-refractivity contribution in [3.05, 3.63) is 77.6 Å². The van der Waals surface area contributed by atoms with Gasteiger partial charge in [-0.05, 0) is 46.2 Å². The Bertz CT molecular complexity index is 1310. The van der Waals surface area contributed by atoms with Crippen molar-refractivity contribution >= 4 is 28.2 Å². The summed E-state index contributed by atoms with van der Waals surface area (Å²) in [5, 5.41) is 14.7. The molecule has 1 fully saturated rings. The molecular weight excluding hydrogens is 464 g/mol. The van der Waals surface area contributed by atoms with Crippen LogP contribution in [0.2, 0.25) is 0 Å². The number of amides is 2. The molecule has 35 heavy (non-hydrogen) atoms. The lowest BCUT2D eigenvalue weighted by Gasteiger charge is -2.27. The van der Waals surface area contributed by atoms with Crippen LogP contribution in [0.25, 0.3) is 16.1 Å². The number of hydrogen-bond acceptors (Lipinski definition) is 7. The van der Waals surface area contributed by atoms with Gasteiger partial charge in [-0.1, -0.05) is 42.5 Å². The number of benzene rings is 2. The van der Waals surface area contributed by atoms with Crippen LogP contribution in [-0.4, -0.2) is 63.2 Å². The van der Waals surface area contributed by atoms with Crippen molar-refractivity contribution in [2.75, 3.05) is 31.6 Å². The fourth-order valence-electron chi connectivity index (χ4n) is 4.05. The van der Waals surface area contributed by atoms with E-state index in [4.69, 9.17) is 4.74 Å². The Labute approximate surface area is 206 Å². The number of nitrogens with one attached hydrogen (secondary N) is 1. The normalized spacial score (nSPS) is 13.6. The summed E-state index contributed by atoms with van der Waals surface area (Å²) in [6, 6.07) is 17.4. The predicted molar refractivity (Wildman–Crippen MR) is 133 cm³/mol. The average Bonchev–Trinajstić information content (AvgIpc) is 3.54. The second-order valence-corrected chi connectivity index (χ2v) is 9.20. The fraction of sp³-hybridized carbons (Fsp3) is 0.240. The molecule has 1 saturated heterocycles. The van der Waals surface area contributed by atoms with E-state index in [1.54, 1.807) is 9.58 Å². The molecule has 2 aromatic heterocycles. The topological polar surface area (TPSA) is 102 Å². The maximum absolute atomic E-state index is 13.5. The fourth-order valence-corrected chi connectivity index (χ4v) is 5.27. The summed E-state index contributed by atoms with van der Waals surface area (Å²) < 4.78 is 6.96. The molecule has 0 atom stereocenters. The molecule has 0 saturated carbocycles. The molecule has 2 amide bonds. The second-order valence-electron chi connectivity index (χ2n) is 8.18. The van der Waals surface area contributed by atoms with Gasteiger partial charge in [0, 0.05) is 18.0 Å². The number of morpholine rings is 1. The molecule has 0 bridgehead atoms. The number of thiophene rings is 1. The minimum absolute atomic E-state index is 0.0784. The van der Waals surface area contributed by atoms with Gasteiger partial charge in [0.15, 0.2) is 0 Å². The summed E-state index contributed by atoms with van der Waals surface area (Å²) in [7, 11) is 0. The van der Waals surface area contributed by atoms with Crippen LogP contribution in [0.4, 0.5) is 5.00 Å². The number of anilines is 1. The van der Waals surface area contributed by atoms with Gasteiger partial charge < -0.3 is 15.0 Å². The van der Waals surface area contributed by atoms with Gasteiger partial charge in [-0.3, -0.25) is 9.59 Å². The van der Waals surface area contributed by atoms with E-state index in [0.717, 1.165) is 27.3 Å². The maximum atomic E-state index is 13.5. The van der Waals surface area contributed by atoms with Crippen LogP contribution in [0.3, 0.4) is 0 Å². The van der Waals surface area contributed by atoms with Gasteiger partial charge in [0.2, 0.25) is 5.91 Å². The number of ether oxygens (including phenoxy) is 1. The highest BCUT2D eigenvalue weighted by molar-refractivity contribution is 7.20. The molecule has 1 aliphatic heterocycles. The lowest BCUT2D eigenvalue weighted by atomic mass is 10.1. The monoisotopic (exact) mass is 488 g/mol. The SMILES string of the molecule is Cc1c(-c2ccccc2)sc(NC(=O)Cc2ccc(-n3cnnn3)cc2)c1C(=O)N1CCOCC1. The molecule has 178 valence electrons. The lowest BCUT2D eigenvalue weighted by molar-refractivity contribution is -0.115. The quantitative estimate of drug-likeness (QED) is 0.447. The van der Waals surface area contributed by atoms with Gasteiger partial charge in [0.1, 0.15) is 11.3 Å². The van der Waals surface area contributed by atoms with E-state index >= 15 is 0 Å². The Kier molecular flexibility index (Phi) is 6.64. The molecule has 0 radical (unpaired) electrons. The molecule has 0 spiro atoms. The highest BCUT2D eigenvalue weighted by Crippen LogP contribution is 2.40. The summed E-state index contributed by atoms with van der Waals surface area (Å²) in [5.41, 5.74) is 4.09. The molecule has 0 aliphatic carbocycles. The Morgan fingerprint density at radius 2 is 1.80 bits per heavy atom. The Balaban J connectivity index is 1.39. The first-order valence-corrected chi connectivity index (χ1v) is 12.1. The molecule has 1 aliphatic rings. The molecule has 4 aromatic rings. The number of aromatic nitrogens is 4. The van der Waals surface area contributed by atoms with Gasteiger partial charge in [-0.25, -0.2) is 4.68 Å². The smallest absolute Gasteiger partial charge is 0.257 e. The largest absolute Gasteiger partial charge is 0.378 e. The first-order chi connectivity index (χ1) is 17.1. The van der Waals surface area contributed by atoms with Gasteiger partial charge >= 0.3 is 0 Å². The highest BCUT2D eigenvalue weighted by atomic mass is 32.1. The highest BCUT2D eigenvalue weighted by Gasteiger charge is 2.28. The molecule has 5 rings (SSSR count). The van der Waals surface area contributed by atoms with Crippen LogP contribution in [-0.2, 0) is 16.0 Å². The summed E-state index contributed by atoms with van der Waals surface area (Å²) in [6.07, 6.45) is 1.69. The molecule has 1 N–H and O–H groups in total. The number of tetrazole rings is 1. The van der Waals surface area contributed by atoms with Gasteiger partial charge in [0.25, 0.3) is 5.91 Å². The maximum Gasteiger partial charge on any atom is 0.257 e.